The van der Waals surface area contributed by atoms with Crippen LogP contribution in [0.4, 0.5) is 0 Å². The highest BCUT2D eigenvalue weighted by Gasteiger charge is 2.48. The fourth-order valence-electron chi connectivity index (χ4n) is 3.71. The van der Waals surface area contributed by atoms with Gasteiger partial charge in [-0.1, -0.05) is 53.2 Å². The van der Waals surface area contributed by atoms with Gasteiger partial charge in [-0.25, -0.2) is 0 Å². The van der Waals surface area contributed by atoms with Gasteiger partial charge in [0.15, 0.2) is 11.7 Å². The molecule has 0 saturated carbocycles. The lowest BCUT2D eigenvalue weighted by Crippen LogP contribution is -2.43. The van der Waals surface area contributed by atoms with Crippen molar-refractivity contribution in [3.8, 4) is 5.75 Å². The quantitative estimate of drug-likeness (QED) is 0.283. The summed E-state index contributed by atoms with van der Waals surface area (Å²) in [6.45, 7) is 3.70. The molecule has 0 bridgehead atoms. The van der Waals surface area contributed by atoms with Crippen molar-refractivity contribution in [2.75, 3.05) is 6.61 Å². The van der Waals surface area contributed by atoms with Crippen LogP contribution in [0.3, 0.4) is 0 Å². The molecule has 6 heteroatoms. The highest BCUT2D eigenvalue weighted by Crippen LogP contribution is 2.45. The number of ether oxygens (including phenoxy) is 2. The monoisotopic (exact) mass is 444 g/mol. The summed E-state index contributed by atoms with van der Waals surface area (Å²) in [7, 11) is 0. The van der Waals surface area contributed by atoms with Gasteiger partial charge in [0.25, 0.3) is 0 Å². The topological polar surface area (TPSA) is 69.7 Å². The molecule has 0 amide bonds. The molecule has 0 radical (unpaired) electrons. The fourth-order valence-corrected chi connectivity index (χ4v) is 4.09. The first-order valence-electron chi connectivity index (χ1n) is 9.24. The standard InChI is InChI=1S/C22H21BrO5/c1-3-15(20(24)13-8-6-5-7-9-13)18-16-12-14(23)10-11-17(16)28-22(26)19(18)21(25)27-4-2/h5-12,15,18-19H,3-4H2,1-2H3/t15-,18-,19+/m1/s1. The summed E-state index contributed by atoms with van der Waals surface area (Å²) in [6.07, 6.45) is 0.466. The molecule has 5 nitrogen and oxygen atoms in total. The van der Waals surface area contributed by atoms with Crippen LogP contribution in [0, 0.1) is 11.8 Å². The second-order valence-corrected chi connectivity index (χ2v) is 7.52. The molecule has 2 aromatic rings. The Morgan fingerprint density at radius 1 is 1.14 bits per heavy atom. The van der Waals surface area contributed by atoms with E-state index in [2.05, 4.69) is 15.9 Å². The Morgan fingerprint density at radius 2 is 1.86 bits per heavy atom. The van der Waals surface area contributed by atoms with Crippen molar-refractivity contribution in [3.05, 3.63) is 64.1 Å². The first kappa shape index (κ1) is 20.3. The summed E-state index contributed by atoms with van der Waals surface area (Å²) in [5, 5.41) is 0. The van der Waals surface area contributed by atoms with Gasteiger partial charge in [-0.15, -0.1) is 0 Å². The van der Waals surface area contributed by atoms with E-state index in [0.29, 0.717) is 23.3 Å². The van der Waals surface area contributed by atoms with Crippen molar-refractivity contribution in [1.82, 2.24) is 0 Å². The molecule has 0 aliphatic carbocycles. The van der Waals surface area contributed by atoms with E-state index < -0.39 is 29.7 Å². The molecule has 146 valence electrons. The van der Waals surface area contributed by atoms with E-state index in [1.165, 1.54) is 0 Å². The minimum Gasteiger partial charge on any atom is -0.465 e. The van der Waals surface area contributed by atoms with Gasteiger partial charge in [0.1, 0.15) is 5.75 Å². The maximum atomic E-state index is 13.3. The number of rotatable bonds is 6. The van der Waals surface area contributed by atoms with Gasteiger partial charge in [-0.3, -0.25) is 14.4 Å². The minimum atomic E-state index is -1.18. The Hall–Kier alpha value is -2.47. The number of hydrogen-bond acceptors (Lipinski definition) is 5. The van der Waals surface area contributed by atoms with E-state index in [1.807, 2.05) is 13.0 Å². The van der Waals surface area contributed by atoms with Gasteiger partial charge in [-0.2, -0.15) is 0 Å². The molecule has 0 spiro atoms. The molecule has 3 atom stereocenters. The Morgan fingerprint density at radius 3 is 2.50 bits per heavy atom. The molecule has 3 rings (SSSR count). The largest absolute Gasteiger partial charge is 0.465 e. The second-order valence-electron chi connectivity index (χ2n) is 6.60. The average Bonchev–Trinajstić information content (AvgIpc) is 2.69. The molecule has 0 fully saturated rings. The van der Waals surface area contributed by atoms with Crippen molar-refractivity contribution in [2.24, 2.45) is 11.8 Å². The average molecular weight is 445 g/mol. The van der Waals surface area contributed by atoms with E-state index in [4.69, 9.17) is 9.47 Å². The van der Waals surface area contributed by atoms with Gasteiger partial charge in [0.2, 0.25) is 0 Å². The Labute approximate surface area is 172 Å². The van der Waals surface area contributed by atoms with Crippen LogP contribution >= 0.6 is 15.9 Å². The SMILES string of the molecule is CCOC(=O)[C@H]1C(=O)Oc2ccc(Br)cc2[C@H]1[C@@H](CC)C(=O)c1ccccc1. The Kier molecular flexibility index (Phi) is 6.29. The number of fused-ring (bicyclic) bond motifs is 1. The summed E-state index contributed by atoms with van der Waals surface area (Å²) in [4.78, 5) is 38.6. The zero-order chi connectivity index (χ0) is 20.3. The molecule has 0 N–H and O–H groups in total. The highest BCUT2D eigenvalue weighted by molar-refractivity contribution is 9.10. The zero-order valence-electron chi connectivity index (χ0n) is 15.7. The van der Waals surface area contributed by atoms with Crippen LogP contribution in [0.1, 0.15) is 42.1 Å². The van der Waals surface area contributed by atoms with Crippen molar-refractivity contribution in [3.63, 3.8) is 0 Å². The number of ketones is 1. The Bertz CT molecular complexity index is 893. The number of carbonyl (C=O) groups excluding carboxylic acids is 3. The predicted molar refractivity (Wildman–Crippen MR) is 107 cm³/mol. The van der Waals surface area contributed by atoms with E-state index >= 15 is 0 Å². The van der Waals surface area contributed by atoms with Gasteiger partial charge >= 0.3 is 11.9 Å². The molecule has 28 heavy (non-hydrogen) atoms. The van der Waals surface area contributed by atoms with Crippen LogP contribution in [0.25, 0.3) is 0 Å². The smallest absolute Gasteiger partial charge is 0.326 e. The van der Waals surface area contributed by atoms with Gasteiger partial charge in [0, 0.05) is 27.4 Å². The lowest BCUT2D eigenvalue weighted by atomic mass is 9.71. The van der Waals surface area contributed by atoms with E-state index in [-0.39, 0.29) is 12.4 Å². The first-order valence-corrected chi connectivity index (χ1v) is 10.0. The molecule has 1 aliphatic rings. The maximum absolute atomic E-state index is 13.3. The van der Waals surface area contributed by atoms with Gasteiger partial charge < -0.3 is 9.47 Å². The van der Waals surface area contributed by atoms with Crippen molar-refractivity contribution in [2.45, 2.75) is 26.2 Å². The number of benzene rings is 2. The molecule has 1 heterocycles. The molecule has 2 aromatic carbocycles. The summed E-state index contributed by atoms with van der Waals surface area (Å²) in [5.41, 5.74) is 1.20. The van der Waals surface area contributed by atoms with Crippen molar-refractivity contribution in [1.29, 1.82) is 0 Å². The number of halogens is 1. The van der Waals surface area contributed by atoms with Gasteiger partial charge in [0.05, 0.1) is 6.61 Å². The third-order valence-electron chi connectivity index (χ3n) is 4.96. The fraction of sp³-hybridized carbons (Fsp3) is 0.318. The van der Waals surface area contributed by atoms with Crippen molar-refractivity contribution >= 4 is 33.7 Å². The summed E-state index contributed by atoms with van der Waals surface area (Å²) < 4.78 is 11.3. The summed E-state index contributed by atoms with van der Waals surface area (Å²) >= 11 is 3.43. The molecule has 0 saturated heterocycles. The molecule has 0 unspecified atom stereocenters. The number of esters is 2. The number of carbonyl (C=O) groups is 3. The normalized spacial score (nSPS) is 19.3. The maximum Gasteiger partial charge on any atom is 0.326 e. The second kappa shape index (κ2) is 8.69. The number of hydrogen-bond donors (Lipinski definition) is 0. The molecule has 1 aliphatic heterocycles. The van der Waals surface area contributed by atoms with Crippen LogP contribution in [0.5, 0.6) is 5.75 Å². The molecular weight excluding hydrogens is 424 g/mol. The van der Waals surface area contributed by atoms with Crippen LogP contribution in [0.2, 0.25) is 0 Å². The number of Topliss-reactive ketones (excluding diaryl/α,β-unsaturated/α-hetero) is 1. The van der Waals surface area contributed by atoms with E-state index in [9.17, 15) is 14.4 Å². The predicted octanol–water partition coefficient (Wildman–Crippen LogP) is 4.54. The van der Waals surface area contributed by atoms with Crippen molar-refractivity contribution < 1.29 is 23.9 Å². The summed E-state index contributed by atoms with van der Waals surface area (Å²) in [5.74, 6) is -3.50. The van der Waals surface area contributed by atoms with Crippen LogP contribution in [-0.2, 0) is 14.3 Å². The Balaban J connectivity index is 2.13. The third kappa shape index (κ3) is 3.87. The lowest BCUT2D eigenvalue weighted by Gasteiger charge is -2.35. The first-order chi connectivity index (χ1) is 13.5. The summed E-state index contributed by atoms with van der Waals surface area (Å²) in [6, 6.07) is 14.1. The van der Waals surface area contributed by atoms with E-state index in [1.54, 1.807) is 49.4 Å². The van der Waals surface area contributed by atoms with Crippen LogP contribution in [-0.4, -0.2) is 24.3 Å². The van der Waals surface area contributed by atoms with Gasteiger partial charge in [-0.05, 0) is 31.5 Å². The minimum absolute atomic E-state index is 0.108. The molecule has 0 aromatic heterocycles. The molecular formula is C22H21BrO5. The van der Waals surface area contributed by atoms with Crippen LogP contribution in [0.15, 0.2) is 53.0 Å². The lowest BCUT2D eigenvalue weighted by molar-refractivity contribution is -0.160. The zero-order valence-corrected chi connectivity index (χ0v) is 17.3. The van der Waals surface area contributed by atoms with E-state index in [0.717, 1.165) is 4.47 Å². The van der Waals surface area contributed by atoms with Crippen LogP contribution < -0.4 is 4.74 Å². The third-order valence-corrected chi connectivity index (χ3v) is 5.46. The highest BCUT2D eigenvalue weighted by atomic mass is 79.9.